The number of carbonyl (C=O) groups is 3. The molecule has 1 saturated carbocycles. The molecule has 2 amide bonds. The Balaban J connectivity index is 1.56. The van der Waals surface area contributed by atoms with Crippen LogP contribution in [-0.2, 0) is 25.5 Å². The molecule has 0 radical (unpaired) electrons. The second kappa shape index (κ2) is 14.4. The van der Waals surface area contributed by atoms with E-state index in [0.29, 0.717) is 28.8 Å². The summed E-state index contributed by atoms with van der Waals surface area (Å²) < 4.78 is 18.6. The number of rotatable bonds is 2. The van der Waals surface area contributed by atoms with E-state index < -0.39 is 47.2 Å². The molecule has 1 N–H and O–H groups in total. The number of nitrogens with zero attached hydrogens (tertiary/aromatic N) is 3. The van der Waals surface area contributed by atoms with E-state index in [9.17, 15) is 14.4 Å². The molecule has 48 heavy (non-hydrogen) atoms. The van der Waals surface area contributed by atoms with Gasteiger partial charge in [-0.2, -0.15) is 0 Å². The van der Waals surface area contributed by atoms with E-state index >= 15 is 0 Å². The third kappa shape index (κ3) is 8.17. The molecular formula is C37H53ClN4O6. The van der Waals surface area contributed by atoms with Crippen molar-refractivity contribution in [2.75, 3.05) is 6.54 Å². The van der Waals surface area contributed by atoms with E-state index in [1.165, 1.54) is 4.90 Å². The van der Waals surface area contributed by atoms with Crippen LogP contribution < -0.4 is 10.1 Å². The predicted molar refractivity (Wildman–Crippen MR) is 185 cm³/mol. The van der Waals surface area contributed by atoms with Crippen LogP contribution in [0.5, 0.6) is 5.88 Å². The molecule has 7 atom stereocenters. The smallest absolute Gasteiger partial charge is 0.408 e. The third-order valence-electron chi connectivity index (χ3n) is 10.2. The minimum atomic E-state index is -0.959. The van der Waals surface area contributed by atoms with Crippen molar-refractivity contribution in [1.82, 2.24) is 20.2 Å². The monoisotopic (exact) mass is 684 g/mol. The minimum Gasteiger partial charge on any atom is -0.471 e. The number of esters is 1. The van der Waals surface area contributed by atoms with Gasteiger partial charge in [-0.1, -0.05) is 65.5 Å². The first-order valence-electron chi connectivity index (χ1n) is 17.7. The molecule has 10 nitrogen and oxygen atoms in total. The Kier molecular flexibility index (Phi) is 10.8. The summed E-state index contributed by atoms with van der Waals surface area (Å²) in [6, 6.07) is 3.52. The summed E-state index contributed by atoms with van der Waals surface area (Å²) in [4.78, 5) is 53.2. The van der Waals surface area contributed by atoms with Gasteiger partial charge in [0.25, 0.3) is 0 Å². The zero-order valence-corrected chi connectivity index (χ0v) is 30.6. The van der Waals surface area contributed by atoms with Gasteiger partial charge < -0.3 is 24.4 Å². The molecule has 1 aliphatic carbocycles. The number of carbonyl (C=O) groups excluding carboxylic acids is 3. The average molecular weight is 685 g/mol. The normalized spacial score (nSPS) is 29.2. The van der Waals surface area contributed by atoms with Gasteiger partial charge in [0.1, 0.15) is 35.6 Å². The molecule has 11 heteroatoms. The molecule has 0 spiro atoms. The molecule has 7 unspecified atom stereocenters. The van der Waals surface area contributed by atoms with Gasteiger partial charge >= 0.3 is 12.1 Å². The summed E-state index contributed by atoms with van der Waals surface area (Å²) in [5, 5.41) is 3.47. The second-order valence-corrected chi connectivity index (χ2v) is 16.4. The van der Waals surface area contributed by atoms with E-state index in [2.05, 4.69) is 12.2 Å². The summed E-state index contributed by atoms with van der Waals surface area (Å²) in [5.74, 6) is -0.218. The van der Waals surface area contributed by atoms with E-state index in [1.54, 1.807) is 32.9 Å². The lowest BCUT2D eigenvalue weighted by Crippen LogP contribution is -2.58. The van der Waals surface area contributed by atoms with Crippen LogP contribution in [0.4, 0.5) is 4.79 Å². The largest absolute Gasteiger partial charge is 0.471 e. The Labute approximate surface area is 290 Å². The third-order valence-corrected chi connectivity index (χ3v) is 10.4. The number of benzene rings is 1. The number of ether oxygens (including phenoxy) is 3. The van der Waals surface area contributed by atoms with E-state index in [0.717, 1.165) is 56.2 Å². The number of fused-ring (bicyclic) bond motifs is 5. The molecule has 264 valence electrons. The summed E-state index contributed by atoms with van der Waals surface area (Å²) >= 11 is 6.32. The molecule has 2 fully saturated rings. The zero-order valence-electron chi connectivity index (χ0n) is 29.8. The van der Waals surface area contributed by atoms with Gasteiger partial charge in [-0.05, 0) is 88.3 Å². The van der Waals surface area contributed by atoms with E-state index in [-0.39, 0.29) is 24.5 Å². The maximum atomic E-state index is 14.5. The van der Waals surface area contributed by atoms with E-state index in [4.69, 9.17) is 35.8 Å². The van der Waals surface area contributed by atoms with Gasteiger partial charge in [0, 0.05) is 10.9 Å². The number of hydrogen-bond donors (Lipinski definition) is 1. The van der Waals surface area contributed by atoms with Crippen molar-refractivity contribution >= 4 is 40.6 Å². The second-order valence-electron chi connectivity index (χ2n) is 16.0. The van der Waals surface area contributed by atoms with Crippen molar-refractivity contribution in [1.29, 1.82) is 0 Å². The van der Waals surface area contributed by atoms with Crippen LogP contribution >= 0.6 is 11.6 Å². The fourth-order valence-corrected chi connectivity index (χ4v) is 7.79. The highest BCUT2D eigenvalue weighted by Gasteiger charge is 2.51. The molecule has 2 aliphatic heterocycles. The Bertz CT molecular complexity index is 1500. The van der Waals surface area contributed by atoms with Crippen molar-refractivity contribution in [2.24, 2.45) is 23.2 Å². The minimum absolute atomic E-state index is 0.102. The lowest BCUT2D eigenvalue weighted by atomic mass is 9.85. The highest BCUT2D eigenvalue weighted by atomic mass is 35.5. The van der Waals surface area contributed by atoms with Crippen LogP contribution in [-0.4, -0.2) is 69.3 Å². The predicted octanol–water partition coefficient (Wildman–Crippen LogP) is 7.28. The number of amides is 2. The molecule has 5 rings (SSSR count). The summed E-state index contributed by atoms with van der Waals surface area (Å²) in [6.07, 6.45) is 5.99. The number of alkyl carbamates (subject to hydrolysis) is 1. The molecule has 1 saturated heterocycles. The van der Waals surface area contributed by atoms with Crippen LogP contribution in [0, 0.1) is 23.2 Å². The Morgan fingerprint density at radius 3 is 2.44 bits per heavy atom. The Morgan fingerprint density at radius 2 is 1.75 bits per heavy atom. The van der Waals surface area contributed by atoms with Gasteiger partial charge in [0.15, 0.2) is 0 Å². The van der Waals surface area contributed by atoms with Crippen LogP contribution in [0.15, 0.2) is 18.2 Å². The lowest BCUT2D eigenvalue weighted by Gasteiger charge is -2.36. The first kappa shape index (κ1) is 36.1. The lowest BCUT2D eigenvalue weighted by molar-refractivity contribution is -0.165. The maximum Gasteiger partial charge on any atom is 0.408 e. The molecular weight excluding hydrogens is 632 g/mol. The molecule has 2 aromatic rings. The summed E-state index contributed by atoms with van der Waals surface area (Å²) in [5.41, 5.74) is 0.623. The quantitative estimate of drug-likeness (QED) is 0.328. The number of nitrogens with one attached hydrogen (secondary N) is 1. The maximum absolute atomic E-state index is 14.5. The molecule has 2 bridgehead atoms. The van der Waals surface area contributed by atoms with Crippen LogP contribution in [0.25, 0.3) is 11.0 Å². The SMILES string of the molecule is CCC1CCC2OC(=O)NC(C(C)(C)C)C(=O)N3CC(Oc4nc5cc(Cl)ccc5nc4CCCCCC12)C(C)C3C(=O)OC(C)(C)C. The van der Waals surface area contributed by atoms with Crippen LogP contribution in [0.3, 0.4) is 0 Å². The highest BCUT2D eigenvalue weighted by Crippen LogP contribution is 2.40. The van der Waals surface area contributed by atoms with Crippen LogP contribution in [0.1, 0.15) is 106 Å². The first-order chi connectivity index (χ1) is 22.6. The molecule has 3 aliphatic rings. The standard InChI is InChI=1S/C37H53ClN4O6/c1-9-22-15-18-28-24(22)13-11-10-12-14-26-32(40-27-19-23(38)16-17-25(27)39-26)46-29-20-42(30(21(29)2)34(44)48-37(6,7)8)33(43)31(36(3,4)5)41-35(45)47-28/h16-17,19,21-22,24,28-31H,9-15,18,20H2,1-8H3,(H,41,45). The zero-order chi connectivity index (χ0) is 35.0. The van der Waals surface area contributed by atoms with Crippen LogP contribution in [0.2, 0.25) is 5.02 Å². The van der Waals surface area contributed by atoms with Crippen molar-refractivity contribution in [2.45, 2.75) is 137 Å². The van der Waals surface area contributed by atoms with Gasteiger partial charge in [0.2, 0.25) is 11.8 Å². The molecule has 1 aromatic heterocycles. The van der Waals surface area contributed by atoms with Gasteiger partial charge in [-0.3, -0.25) is 4.79 Å². The van der Waals surface area contributed by atoms with Crippen molar-refractivity contribution in [3.8, 4) is 5.88 Å². The van der Waals surface area contributed by atoms with Gasteiger partial charge in [-0.25, -0.2) is 19.6 Å². The first-order valence-corrected chi connectivity index (χ1v) is 18.1. The van der Waals surface area contributed by atoms with Crippen molar-refractivity contribution in [3.05, 3.63) is 28.9 Å². The summed E-state index contributed by atoms with van der Waals surface area (Å²) in [6.45, 7) is 15.3. The van der Waals surface area contributed by atoms with Crippen molar-refractivity contribution < 1.29 is 28.6 Å². The number of aryl methyl sites for hydroxylation is 1. The number of hydrogen-bond acceptors (Lipinski definition) is 8. The highest BCUT2D eigenvalue weighted by molar-refractivity contribution is 6.31. The number of aromatic nitrogens is 2. The molecule has 3 heterocycles. The van der Waals surface area contributed by atoms with Gasteiger partial charge in [-0.15, -0.1) is 0 Å². The summed E-state index contributed by atoms with van der Waals surface area (Å²) in [7, 11) is 0. The fraction of sp³-hybridized carbons (Fsp3) is 0.703. The van der Waals surface area contributed by atoms with Gasteiger partial charge in [0.05, 0.1) is 17.6 Å². The molecule has 1 aromatic carbocycles. The Morgan fingerprint density at radius 1 is 1.00 bits per heavy atom. The average Bonchev–Trinajstić information content (AvgIpc) is 3.53. The topological polar surface area (TPSA) is 120 Å². The van der Waals surface area contributed by atoms with E-state index in [1.807, 2.05) is 33.8 Å². The Hall–Kier alpha value is -3.14. The number of halogens is 1. The van der Waals surface area contributed by atoms with Crippen molar-refractivity contribution in [3.63, 3.8) is 0 Å². The fourth-order valence-electron chi connectivity index (χ4n) is 7.62.